The minimum Gasteiger partial charge on any atom is -0.545 e. The summed E-state index contributed by atoms with van der Waals surface area (Å²) in [6.07, 6.45) is 0. The summed E-state index contributed by atoms with van der Waals surface area (Å²) in [5.74, 6) is -1.11. The molecule has 2 nitrogen and oxygen atoms in total. The molecule has 1 rings (SSSR count). The van der Waals surface area contributed by atoms with E-state index in [1.54, 1.807) is 6.07 Å². The SMILES string of the molecule is O=C([O-])c1cc(I)cc(I)c1I.[Na+]. The van der Waals surface area contributed by atoms with E-state index < -0.39 is 5.97 Å². The molecule has 13 heavy (non-hydrogen) atoms. The average molecular weight is 522 g/mol. The zero-order valence-corrected chi connectivity index (χ0v) is 15.1. The standard InChI is InChI=1S/C7H3I3O2.Na/c8-3-1-4(7(11)12)6(10)5(9)2-3;/h1-2H,(H,11,12);/q;+1/p-1. The summed E-state index contributed by atoms with van der Waals surface area (Å²) in [5.41, 5.74) is 0.270. The van der Waals surface area contributed by atoms with Crippen LogP contribution < -0.4 is 34.7 Å². The fourth-order valence-corrected chi connectivity index (χ4v) is 3.08. The maximum atomic E-state index is 10.6. The third-order valence-electron chi connectivity index (χ3n) is 1.21. The van der Waals surface area contributed by atoms with Crippen molar-refractivity contribution < 1.29 is 39.5 Å². The van der Waals surface area contributed by atoms with E-state index in [2.05, 4.69) is 45.2 Å². The van der Waals surface area contributed by atoms with Gasteiger partial charge in [-0.15, -0.1) is 0 Å². The number of aromatic carboxylic acids is 1. The molecule has 0 aliphatic heterocycles. The van der Waals surface area contributed by atoms with E-state index in [0.717, 1.165) is 10.7 Å². The van der Waals surface area contributed by atoms with Crippen molar-refractivity contribution in [2.45, 2.75) is 0 Å². The van der Waals surface area contributed by atoms with Crippen molar-refractivity contribution in [1.82, 2.24) is 0 Å². The fourth-order valence-electron chi connectivity index (χ4n) is 0.705. The molecule has 0 heterocycles. The number of benzene rings is 1. The van der Waals surface area contributed by atoms with Crippen molar-refractivity contribution in [3.8, 4) is 0 Å². The summed E-state index contributed by atoms with van der Waals surface area (Å²) in [6.45, 7) is 0. The molecule has 6 heteroatoms. The summed E-state index contributed by atoms with van der Waals surface area (Å²) in [7, 11) is 0. The van der Waals surface area contributed by atoms with Gasteiger partial charge in [0.15, 0.2) is 0 Å². The Morgan fingerprint density at radius 2 is 1.77 bits per heavy atom. The van der Waals surface area contributed by atoms with Gasteiger partial charge in [0, 0.05) is 16.3 Å². The minimum atomic E-state index is -1.11. The Kier molecular flexibility index (Phi) is 7.39. The third kappa shape index (κ3) is 4.09. The zero-order chi connectivity index (χ0) is 9.30. The van der Waals surface area contributed by atoms with Gasteiger partial charge in [-0.25, -0.2) is 0 Å². The van der Waals surface area contributed by atoms with E-state index >= 15 is 0 Å². The fraction of sp³-hybridized carbons (Fsp3) is 0. The Bertz CT molecular complexity index is 341. The molecule has 0 aromatic heterocycles. The van der Waals surface area contributed by atoms with Crippen LogP contribution in [0, 0.1) is 10.7 Å². The van der Waals surface area contributed by atoms with Crippen molar-refractivity contribution in [3.63, 3.8) is 0 Å². The summed E-state index contributed by atoms with van der Waals surface area (Å²) >= 11 is 6.19. The van der Waals surface area contributed by atoms with Crippen LogP contribution in [0.15, 0.2) is 12.1 Å². The van der Waals surface area contributed by atoms with E-state index in [0.29, 0.717) is 0 Å². The quantitative estimate of drug-likeness (QED) is 0.267. The minimum absolute atomic E-state index is 0. The van der Waals surface area contributed by atoms with Crippen molar-refractivity contribution in [2.75, 3.05) is 0 Å². The Labute approximate surface area is 139 Å². The second-order valence-electron chi connectivity index (χ2n) is 2.04. The second kappa shape index (κ2) is 6.46. The largest absolute Gasteiger partial charge is 1.00 e. The first-order valence-corrected chi connectivity index (χ1v) is 6.12. The van der Waals surface area contributed by atoms with Crippen LogP contribution in [0.4, 0.5) is 0 Å². The van der Waals surface area contributed by atoms with Gasteiger partial charge >= 0.3 is 29.6 Å². The molecule has 0 saturated heterocycles. The molecular formula is C7H2I3NaO2. The number of carboxylic acids is 1. The van der Waals surface area contributed by atoms with Gasteiger partial charge < -0.3 is 9.90 Å². The van der Waals surface area contributed by atoms with Crippen LogP contribution in [-0.4, -0.2) is 5.97 Å². The van der Waals surface area contributed by atoms with Gasteiger partial charge in [0.2, 0.25) is 0 Å². The van der Waals surface area contributed by atoms with Gasteiger partial charge in [0.25, 0.3) is 0 Å². The first-order valence-electron chi connectivity index (χ1n) is 2.88. The van der Waals surface area contributed by atoms with Crippen LogP contribution in [-0.2, 0) is 0 Å². The van der Waals surface area contributed by atoms with Crippen LogP contribution in [0.2, 0.25) is 0 Å². The number of carbonyl (C=O) groups is 1. The van der Waals surface area contributed by atoms with Crippen LogP contribution in [0.1, 0.15) is 10.4 Å². The topological polar surface area (TPSA) is 40.1 Å². The molecule has 0 aliphatic rings. The smallest absolute Gasteiger partial charge is 0.545 e. The molecule has 0 radical (unpaired) electrons. The van der Waals surface area contributed by atoms with Crippen LogP contribution in [0.5, 0.6) is 0 Å². The van der Waals surface area contributed by atoms with Gasteiger partial charge in [-0.2, -0.15) is 0 Å². The third-order valence-corrected chi connectivity index (χ3v) is 4.88. The molecule has 1 aromatic carbocycles. The number of halogens is 3. The molecule has 64 valence electrons. The van der Waals surface area contributed by atoms with Gasteiger partial charge in [0.05, 0.1) is 5.97 Å². The average Bonchev–Trinajstić information content (AvgIpc) is 1.96. The normalized spacial score (nSPS) is 9.15. The molecule has 0 amide bonds. The molecule has 0 fully saturated rings. The van der Waals surface area contributed by atoms with Gasteiger partial charge in [-0.05, 0) is 79.9 Å². The molecular weight excluding hydrogens is 520 g/mol. The van der Waals surface area contributed by atoms with Crippen molar-refractivity contribution in [2.24, 2.45) is 0 Å². The summed E-state index contributed by atoms with van der Waals surface area (Å²) < 4.78 is 2.60. The van der Waals surface area contributed by atoms with E-state index in [1.807, 2.05) is 28.7 Å². The van der Waals surface area contributed by atoms with Gasteiger partial charge in [-0.1, -0.05) is 0 Å². The van der Waals surface area contributed by atoms with Crippen molar-refractivity contribution >= 4 is 73.7 Å². The van der Waals surface area contributed by atoms with Crippen molar-refractivity contribution in [3.05, 3.63) is 28.4 Å². The molecule has 0 N–H and O–H groups in total. The van der Waals surface area contributed by atoms with E-state index in [4.69, 9.17) is 0 Å². The van der Waals surface area contributed by atoms with Crippen LogP contribution >= 0.6 is 67.8 Å². The summed E-state index contributed by atoms with van der Waals surface area (Å²) in [6, 6.07) is 3.54. The molecule has 1 aromatic rings. The number of carbonyl (C=O) groups excluding carboxylic acids is 1. The van der Waals surface area contributed by atoms with Crippen LogP contribution in [0.25, 0.3) is 0 Å². The Morgan fingerprint density at radius 3 is 2.23 bits per heavy atom. The van der Waals surface area contributed by atoms with E-state index in [9.17, 15) is 9.90 Å². The first kappa shape index (κ1) is 14.9. The molecule has 0 saturated carbocycles. The maximum Gasteiger partial charge on any atom is 1.00 e. The molecule has 0 spiro atoms. The van der Waals surface area contributed by atoms with Gasteiger partial charge in [-0.3, -0.25) is 0 Å². The zero-order valence-electron chi connectivity index (χ0n) is 6.61. The van der Waals surface area contributed by atoms with E-state index in [1.165, 1.54) is 0 Å². The predicted octanol–water partition coefficient (Wildman–Crippen LogP) is -1.13. The molecule has 0 atom stereocenters. The summed E-state index contributed by atoms with van der Waals surface area (Å²) in [5, 5.41) is 10.6. The molecule has 0 bridgehead atoms. The van der Waals surface area contributed by atoms with Crippen molar-refractivity contribution in [1.29, 1.82) is 0 Å². The van der Waals surface area contributed by atoms with E-state index in [-0.39, 0.29) is 35.1 Å². The maximum absolute atomic E-state index is 10.6. The number of carboxylic acid groups (broad SMARTS) is 1. The first-order chi connectivity index (χ1) is 5.52. The van der Waals surface area contributed by atoms with Crippen LogP contribution in [0.3, 0.4) is 0 Å². The Morgan fingerprint density at radius 1 is 1.23 bits per heavy atom. The number of rotatable bonds is 1. The van der Waals surface area contributed by atoms with Gasteiger partial charge in [0.1, 0.15) is 0 Å². The Hall–Kier alpha value is 1.88. The summed E-state index contributed by atoms with van der Waals surface area (Å²) in [4.78, 5) is 10.6. The molecule has 0 unspecified atom stereocenters. The Balaban J connectivity index is 0.00000144. The number of hydrogen-bond acceptors (Lipinski definition) is 2. The predicted molar refractivity (Wildman–Crippen MR) is 68.9 cm³/mol. The number of hydrogen-bond donors (Lipinski definition) is 0. The molecule has 0 aliphatic carbocycles. The second-order valence-corrected chi connectivity index (χ2v) is 5.52. The monoisotopic (exact) mass is 522 g/mol.